The third-order valence-electron chi connectivity index (χ3n) is 3.36. The molecule has 0 atom stereocenters. The molecule has 27 heavy (non-hydrogen) atoms. The van der Waals surface area contributed by atoms with E-state index >= 15 is 0 Å². The van der Waals surface area contributed by atoms with Gasteiger partial charge in [0.15, 0.2) is 5.96 Å². The SMILES string of the molecule is CCNC(=NCCc1csc(C)n1)NCCN(CC)C(=O)OC(C)(C)C.I. The summed E-state index contributed by atoms with van der Waals surface area (Å²) >= 11 is 1.66. The molecule has 0 radical (unpaired) electrons. The number of carbonyl (C=O) groups excluding carboxylic acids is 1. The minimum Gasteiger partial charge on any atom is -0.444 e. The number of nitrogens with one attached hydrogen (secondary N) is 2. The van der Waals surface area contributed by atoms with Crippen LogP contribution in [0.15, 0.2) is 10.4 Å². The number of aryl methyl sites for hydroxylation is 1. The van der Waals surface area contributed by atoms with E-state index in [9.17, 15) is 4.79 Å². The molecule has 0 saturated heterocycles. The Labute approximate surface area is 184 Å². The lowest BCUT2D eigenvalue weighted by Crippen LogP contribution is -2.44. The fourth-order valence-electron chi connectivity index (χ4n) is 2.16. The average molecular weight is 511 g/mol. The van der Waals surface area contributed by atoms with Crippen LogP contribution in [0.4, 0.5) is 4.79 Å². The lowest BCUT2D eigenvalue weighted by Gasteiger charge is -2.26. The quantitative estimate of drug-likeness (QED) is 0.318. The number of aromatic nitrogens is 1. The van der Waals surface area contributed by atoms with Crippen molar-refractivity contribution in [1.82, 2.24) is 20.5 Å². The number of hydrogen-bond donors (Lipinski definition) is 2. The first kappa shape index (κ1) is 25.9. The number of carbonyl (C=O) groups is 1. The normalized spacial score (nSPS) is 11.6. The van der Waals surface area contributed by atoms with Gasteiger partial charge in [0, 0.05) is 44.5 Å². The summed E-state index contributed by atoms with van der Waals surface area (Å²) in [4.78, 5) is 22.8. The maximum atomic E-state index is 12.1. The maximum Gasteiger partial charge on any atom is 0.410 e. The van der Waals surface area contributed by atoms with E-state index in [1.807, 2.05) is 41.5 Å². The molecule has 0 aliphatic rings. The Balaban J connectivity index is 0.00000676. The van der Waals surface area contributed by atoms with Gasteiger partial charge < -0.3 is 20.3 Å². The minimum absolute atomic E-state index is 0. The summed E-state index contributed by atoms with van der Waals surface area (Å²) in [6.45, 7) is 14.8. The highest BCUT2D eigenvalue weighted by atomic mass is 127. The van der Waals surface area contributed by atoms with Gasteiger partial charge in [-0.25, -0.2) is 9.78 Å². The molecule has 1 aromatic rings. The number of ether oxygens (including phenoxy) is 1. The van der Waals surface area contributed by atoms with Crippen molar-refractivity contribution in [2.24, 2.45) is 4.99 Å². The Morgan fingerprint density at radius 1 is 1.33 bits per heavy atom. The smallest absolute Gasteiger partial charge is 0.410 e. The Hall–Kier alpha value is -1.10. The molecule has 0 aliphatic heterocycles. The Morgan fingerprint density at radius 3 is 2.56 bits per heavy atom. The second-order valence-electron chi connectivity index (χ2n) is 6.86. The van der Waals surface area contributed by atoms with Crippen molar-refractivity contribution in [2.75, 3.05) is 32.7 Å². The van der Waals surface area contributed by atoms with Crippen LogP contribution >= 0.6 is 35.3 Å². The highest BCUT2D eigenvalue weighted by molar-refractivity contribution is 14.0. The molecule has 0 unspecified atom stereocenters. The Bertz CT molecular complexity index is 587. The summed E-state index contributed by atoms with van der Waals surface area (Å²) in [5, 5.41) is 9.64. The zero-order valence-corrected chi connectivity index (χ0v) is 20.4. The number of nitrogens with zero attached hydrogens (tertiary/aromatic N) is 3. The first-order valence-corrected chi connectivity index (χ1v) is 10.0. The number of halogens is 1. The molecule has 1 heterocycles. The van der Waals surface area contributed by atoms with Crippen LogP contribution in [-0.2, 0) is 11.2 Å². The minimum atomic E-state index is -0.484. The van der Waals surface area contributed by atoms with E-state index in [-0.39, 0.29) is 30.1 Å². The van der Waals surface area contributed by atoms with Crippen molar-refractivity contribution in [3.8, 4) is 0 Å². The van der Waals surface area contributed by atoms with Gasteiger partial charge in [0.2, 0.25) is 0 Å². The first-order chi connectivity index (χ1) is 12.2. The van der Waals surface area contributed by atoms with Gasteiger partial charge in [0.05, 0.1) is 10.7 Å². The summed E-state index contributed by atoms with van der Waals surface area (Å²) in [6, 6.07) is 0. The lowest BCUT2D eigenvalue weighted by atomic mass is 10.2. The van der Waals surface area contributed by atoms with Crippen LogP contribution in [-0.4, -0.2) is 60.3 Å². The van der Waals surface area contributed by atoms with Gasteiger partial charge in [-0.1, -0.05) is 0 Å². The fourth-order valence-corrected chi connectivity index (χ4v) is 2.81. The molecule has 1 rings (SSSR count). The van der Waals surface area contributed by atoms with Crippen molar-refractivity contribution in [3.63, 3.8) is 0 Å². The number of aliphatic imine (C=N–C) groups is 1. The molecule has 0 aromatic carbocycles. The summed E-state index contributed by atoms with van der Waals surface area (Å²) < 4.78 is 5.42. The van der Waals surface area contributed by atoms with Crippen molar-refractivity contribution in [1.29, 1.82) is 0 Å². The molecule has 2 N–H and O–H groups in total. The Morgan fingerprint density at radius 2 is 2.04 bits per heavy atom. The highest BCUT2D eigenvalue weighted by Crippen LogP contribution is 2.10. The van der Waals surface area contributed by atoms with Crippen LogP contribution in [0.5, 0.6) is 0 Å². The molecule has 9 heteroatoms. The third-order valence-corrected chi connectivity index (χ3v) is 4.18. The molecular formula is C18H34IN5O2S. The molecule has 0 spiro atoms. The number of amides is 1. The van der Waals surface area contributed by atoms with Crippen molar-refractivity contribution in [2.45, 2.75) is 53.6 Å². The van der Waals surface area contributed by atoms with E-state index in [0.29, 0.717) is 26.2 Å². The van der Waals surface area contributed by atoms with Gasteiger partial charge in [-0.05, 0) is 41.5 Å². The molecule has 0 fully saturated rings. The number of thiazole rings is 1. The lowest BCUT2D eigenvalue weighted by molar-refractivity contribution is 0.0264. The molecule has 1 amide bonds. The standard InChI is InChI=1S/C18H33N5O2S.HI/c1-7-19-16(20-10-9-15-13-26-14(3)22-15)21-11-12-23(8-2)17(24)25-18(4,5)6;/h13H,7-12H2,1-6H3,(H2,19,20,21);1H. The van der Waals surface area contributed by atoms with E-state index in [1.165, 1.54) is 0 Å². The van der Waals surface area contributed by atoms with Crippen LogP contribution in [0.3, 0.4) is 0 Å². The number of likely N-dealkylation sites (N-methyl/N-ethyl adjacent to an activating group) is 1. The monoisotopic (exact) mass is 511 g/mol. The zero-order chi connectivity index (χ0) is 19.6. The molecule has 1 aromatic heterocycles. The van der Waals surface area contributed by atoms with Crippen LogP contribution in [0.25, 0.3) is 0 Å². The maximum absolute atomic E-state index is 12.1. The summed E-state index contributed by atoms with van der Waals surface area (Å²) in [6.07, 6.45) is 0.530. The van der Waals surface area contributed by atoms with Crippen molar-refractivity contribution >= 4 is 47.4 Å². The average Bonchev–Trinajstić information content (AvgIpc) is 2.95. The number of guanidine groups is 1. The molecule has 0 bridgehead atoms. The van der Waals surface area contributed by atoms with Gasteiger partial charge >= 0.3 is 6.09 Å². The zero-order valence-electron chi connectivity index (χ0n) is 17.3. The van der Waals surface area contributed by atoms with E-state index in [4.69, 9.17) is 4.74 Å². The van der Waals surface area contributed by atoms with Gasteiger partial charge in [0.1, 0.15) is 5.60 Å². The first-order valence-electron chi connectivity index (χ1n) is 9.16. The van der Waals surface area contributed by atoms with E-state index in [1.54, 1.807) is 16.2 Å². The molecule has 156 valence electrons. The van der Waals surface area contributed by atoms with Gasteiger partial charge in [0.25, 0.3) is 0 Å². The van der Waals surface area contributed by atoms with Crippen LogP contribution in [0.1, 0.15) is 45.3 Å². The van der Waals surface area contributed by atoms with Crippen LogP contribution in [0, 0.1) is 6.92 Å². The topological polar surface area (TPSA) is 78.9 Å². The van der Waals surface area contributed by atoms with Gasteiger partial charge in [-0.3, -0.25) is 4.99 Å². The largest absolute Gasteiger partial charge is 0.444 e. The second kappa shape index (κ2) is 13.1. The summed E-state index contributed by atoms with van der Waals surface area (Å²) in [7, 11) is 0. The van der Waals surface area contributed by atoms with Crippen LogP contribution in [0.2, 0.25) is 0 Å². The Kier molecular flexibility index (Phi) is 12.6. The highest BCUT2D eigenvalue weighted by Gasteiger charge is 2.20. The molecular weight excluding hydrogens is 477 g/mol. The van der Waals surface area contributed by atoms with Crippen LogP contribution < -0.4 is 10.6 Å². The molecule has 0 aliphatic carbocycles. The molecule has 0 saturated carbocycles. The van der Waals surface area contributed by atoms with E-state index < -0.39 is 5.60 Å². The number of rotatable bonds is 8. The van der Waals surface area contributed by atoms with E-state index in [0.717, 1.165) is 29.6 Å². The second-order valence-corrected chi connectivity index (χ2v) is 7.92. The van der Waals surface area contributed by atoms with Crippen molar-refractivity contribution < 1.29 is 9.53 Å². The van der Waals surface area contributed by atoms with Gasteiger partial charge in [-0.2, -0.15) is 0 Å². The summed E-state index contributed by atoms with van der Waals surface area (Å²) in [5.41, 5.74) is 0.594. The van der Waals surface area contributed by atoms with Crippen molar-refractivity contribution in [3.05, 3.63) is 16.1 Å². The number of hydrogen-bond acceptors (Lipinski definition) is 5. The summed E-state index contributed by atoms with van der Waals surface area (Å²) in [5.74, 6) is 0.750. The third kappa shape index (κ3) is 11.4. The molecule has 7 nitrogen and oxygen atoms in total. The predicted molar refractivity (Wildman–Crippen MR) is 123 cm³/mol. The van der Waals surface area contributed by atoms with Gasteiger partial charge in [-0.15, -0.1) is 35.3 Å². The fraction of sp³-hybridized carbons (Fsp3) is 0.722. The van der Waals surface area contributed by atoms with E-state index in [2.05, 4.69) is 26.0 Å². The predicted octanol–water partition coefficient (Wildman–Crippen LogP) is 3.42.